The topological polar surface area (TPSA) is 97.3 Å². The zero-order valence-corrected chi connectivity index (χ0v) is 13.3. The lowest BCUT2D eigenvalue weighted by Crippen LogP contribution is -2.32. The summed E-state index contributed by atoms with van der Waals surface area (Å²) in [5, 5.41) is 5.93. The van der Waals surface area contributed by atoms with Crippen LogP contribution in [0.5, 0.6) is 0 Å². The number of nitrogens with one attached hydrogen (secondary N) is 2. The van der Waals surface area contributed by atoms with Crippen molar-refractivity contribution in [3.05, 3.63) is 72.6 Å². The normalized spacial score (nSPS) is 13.4. The summed E-state index contributed by atoms with van der Waals surface area (Å²) in [5.41, 5.74) is 8.89. The molecule has 0 spiro atoms. The minimum atomic E-state index is -0.170. The molecule has 1 aliphatic rings. The zero-order chi connectivity index (χ0) is 17.2. The fraction of sp³-hybridized carbons (Fsp3) is 0.0556. The van der Waals surface area contributed by atoms with Crippen LogP contribution in [-0.4, -0.2) is 26.8 Å². The Balaban J connectivity index is 1.60. The van der Waals surface area contributed by atoms with Crippen LogP contribution in [0.4, 0.5) is 5.82 Å². The molecule has 1 aliphatic heterocycles. The van der Waals surface area contributed by atoms with Crippen LogP contribution >= 0.6 is 0 Å². The monoisotopic (exact) mass is 332 g/mol. The fourth-order valence-electron chi connectivity index (χ4n) is 2.71. The molecule has 7 heteroatoms. The Labute approximate surface area is 143 Å². The Hall–Kier alpha value is -3.61. The van der Waals surface area contributed by atoms with E-state index in [9.17, 15) is 4.79 Å². The first kappa shape index (κ1) is 14.9. The molecule has 2 aromatic heterocycles. The van der Waals surface area contributed by atoms with E-state index in [0.717, 1.165) is 16.8 Å². The van der Waals surface area contributed by atoms with Crippen molar-refractivity contribution in [1.82, 2.24) is 25.0 Å². The number of hydrogen-bond donors (Lipinski definition) is 3. The summed E-state index contributed by atoms with van der Waals surface area (Å²) in [6.45, 7) is 0.702. The molecule has 0 bridgehead atoms. The van der Waals surface area contributed by atoms with E-state index in [1.165, 1.54) is 0 Å². The lowest BCUT2D eigenvalue weighted by Gasteiger charge is -2.13. The highest BCUT2D eigenvalue weighted by Gasteiger charge is 2.12. The minimum Gasteiger partial charge on any atom is -0.382 e. The van der Waals surface area contributed by atoms with Crippen LogP contribution in [0.15, 0.2) is 67.0 Å². The number of nitrogens with two attached hydrogens (primary N) is 1. The number of rotatable bonds is 3. The molecule has 1 aromatic carbocycles. The lowest BCUT2D eigenvalue weighted by molar-refractivity contribution is 0.0963. The maximum Gasteiger partial charge on any atom is 0.256 e. The molecular formula is C18H16N6O. The molecule has 25 heavy (non-hydrogen) atoms. The number of anilines is 1. The summed E-state index contributed by atoms with van der Waals surface area (Å²) >= 11 is 0. The number of carbonyl (C=O) groups excluding carboxylic acids is 1. The standard InChI is InChI=1S/C18H16N6O/c19-17-16-15(22-11-24(16)10-9-21-17)12-4-6-13(7-5-12)18(25)23-14-3-1-2-8-20-14/h1-7,9-11,20H,8H2,(H2,19,21)(H,23,25). The summed E-state index contributed by atoms with van der Waals surface area (Å²) in [5.74, 6) is 0.937. The molecule has 0 saturated heterocycles. The number of carbonyl (C=O) groups is 1. The smallest absolute Gasteiger partial charge is 0.256 e. The predicted octanol–water partition coefficient (Wildman–Crippen LogP) is 1.71. The molecular weight excluding hydrogens is 316 g/mol. The van der Waals surface area contributed by atoms with Crippen molar-refractivity contribution in [2.75, 3.05) is 12.3 Å². The predicted molar refractivity (Wildman–Crippen MR) is 95.5 cm³/mol. The molecule has 0 saturated carbocycles. The molecule has 0 aliphatic carbocycles. The second-order valence-corrected chi connectivity index (χ2v) is 5.58. The van der Waals surface area contributed by atoms with E-state index in [2.05, 4.69) is 20.6 Å². The number of benzene rings is 1. The van der Waals surface area contributed by atoms with Gasteiger partial charge in [0.05, 0.1) is 5.69 Å². The second kappa shape index (κ2) is 6.12. The van der Waals surface area contributed by atoms with E-state index in [1.807, 2.05) is 34.8 Å². The maximum atomic E-state index is 12.3. The van der Waals surface area contributed by atoms with Gasteiger partial charge in [-0.25, -0.2) is 9.97 Å². The van der Waals surface area contributed by atoms with Crippen LogP contribution in [0, 0.1) is 0 Å². The van der Waals surface area contributed by atoms with E-state index >= 15 is 0 Å². The third-order valence-electron chi connectivity index (χ3n) is 3.96. The van der Waals surface area contributed by atoms with Gasteiger partial charge in [-0.3, -0.25) is 4.79 Å². The number of amides is 1. The number of allylic oxidation sites excluding steroid dienone is 2. The molecule has 0 unspecified atom stereocenters. The summed E-state index contributed by atoms with van der Waals surface area (Å²) in [7, 11) is 0. The van der Waals surface area contributed by atoms with Crippen molar-refractivity contribution in [3.8, 4) is 11.3 Å². The molecule has 4 N–H and O–H groups in total. The number of fused-ring (bicyclic) bond motifs is 1. The summed E-state index contributed by atoms with van der Waals surface area (Å²) < 4.78 is 1.83. The van der Waals surface area contributed by atoms with Crippen molar-refractivity contribution in [1.29, 1.82) is 0 Å². The van der Waals surface area contributed by atoms with Gasteiger partial charge in [-0.2, -0.15) is 0 Å². The van der Waals surface area contributed by atoms with E-state index in [1.54, 1.807) is 30.9 Å². The van der Waals surface area contributed by atoms with Gasteiger partial charge < -0.3 is 20.8 Å². The van der Waals surface area contributed by atoms with Crippen LogP contribution in [0.3, 0.4) is 0 Å². The lowest BCUT2D eigenvalue weighted by atomic mass is 10.1. The Morgan fingerprint density at radius 1 is 1.24 bits per heavy atom. The highest BCUT2D eigenvalue weighted by molar-refractivity contribution is 5.96. The second-order valence-electron chi connectivity index (χ2n) is 5.58. The van der Waals surface area contributed by atoms with Gasteiger partial charge in [0.15, 0.2) is 0 Å². The molecule has 3 heterocycles. The van der Waals surface area contributed by atoms with Gasteiger partial charge in [-0.15, -0.1) is 0 Å². The van der Waals surface area contributed by atoms with Crippen LogP contribution in [0.25, 0.3) is 16.8 Å². The Morgan fingerprint density at radius 2 is 2.08 bits per heavy atom. The van der Waals surface area contributed by atoms with Crippen LogP contribution in [0.2, 0.25) is 0 Å². The average molecular weight is 332 g/mol. The van der Waals surface area contributed by atoms with Crippen molar-refractivity contribution >= 4 is 17.2 Å². The minimum absolute atomic E-state index is 0.170. The van der Waals surface area contributed by atoms with Gasteiger partial charge in [0, 0.05) is 30.1 Å². The van der Waals surface area contributed by atoms with Crippen molar-refractivity contribution < 1.29 is 4.79 Å². The maximum absolute atomic E-state index is 12.3. The number of hydrogen-bond acceptors (Lipinski definition) is 5. The molecule has 124 valence electrons. The Kier molecular flexibility index (Phi) is 3.66. The quantitative estimate of drug-likeness (QED) is 0.678. The SMILES string of the molecule is Nc1nccn2cnc(-c3ccc(C(=O)NC4=CC=CCN4)cc3)c12. The van der Waals surface area contributed by atoms with Gasteiger partial charge in [0.2, 0.25) is 0 Å². The number of nitrogens with zero attached hydrogens (tertiary/aromatic N) is 3. The summed E-state index contributed by atoms with van der Waals surface area (Å²) in [6.07, 6.45) is 10.8. The highest BCUT2D eigenvalue weighted by atomic mass is 16.1. The van der Waals surface area contributed by atoms with Crippen molar-refractivity contribution in [3.63, 3.8) is 0 Å². The van der Waals surface area contributed by atoms with Crippen LogP contribution < -0.4 is 16.4 Å². The van der Waals surface area contributed by atoms with Gasteiger partial charge in [0.25, 0.3) is 5.91 Å². The number of dihydropyridines is 1. The molecule has 1 amide bonds. The van der Waals surface area contributed by atoms with Crippen molar-refractivity contribution in [2.45, 2.75) is 0 Å². The largest absolute Gasteiger partial charge is 0.382 e. The number of imidazole rings is 1. The summed E-state index contributed by atoms with van der Waals surface area (Å²) in [6, 6.07) is 7.24. The van der Waals surface area contributed by atoms with Gasteiger partial charge >= 0.3 is 0 Å². The third kappa shape index (κ3) is 2.83. The van der Waals surface area contributed by atoms with Crippen LogP contribution in [-0.2, 0) is 0 Å². The highest BCUT2D eigenvalue weighted by Crippen LogP contribution is 2.26. The van der Waals surface area contributed by atoms with Crippen molar-refractivity contribution in [2.24, 2.45) is 0 Å². The molecule has 4 rings (SSSR count). The first-order chi connectivity index (χ1) is 12.2. The molecule has 7 nitrogen and oxygen atoms in total. The molecule has 0 fully saturated rings. The third-order valence-corrected chi connectivity index (χ3v) is 3.96. The van der Waals surface area contributed by atoms with E-state index in [0.29, 0.717) is 23.7 Å². The average Bonchev–Trinajstić information content (AvgIpc) is 3.08. The Morgan fingerprint density at radius 3 is 2.84 bits per heavy atom. The first-order valence-electron chi connectivity index (χ1n) is 7.82. The van der Waals surface area contributed by atoms with Gasteiger partial charge in [-0.1, -0.05) is 24.3 Å². The zero-order valence-electron chi connectivity index (χ0n) is 13.3. The molecule has 0 atom stereocenters. The van der Waals surface area contributed by atoms with Gasteiger partial charge in [0.1, 0.15) is 23.5 Å². The summed E-state index contributed by atoms with van der Waals surface area (Å²) in [4.78, 5) is 20.8. The van der Waals surface area contributed by atoms with Crippen LogP contribution in [0.1, 0.15) is 10.4 Å². The van der Waals surface area contributed by atoms with Gasteiger partial charge in [-0.05, 0) is 18.2 Å². The molecule has 3 aromatic rings. The Bertz CT molecular complexity index is 1000. The van der Waals surface area contributed by atoms with E-state index in [4.69, 9.17) is 5.73 Å². The van der Waals surface area contributed by atoms with E-state index < -0.39 is 0 Å². The first-order valence-corrected chi connectivity index (χ1v) is 7.82. The fourth-order valence-corrected chi connectivity index (χ4v) is 2.71. The van der Waals surface area contributed by atoms with E-state index in [-0.39, 0.29) is 5.91 Å². The molecule has 0 radical (unpaired) electrons. The number of aromatic nitrogens is 3. The number of nitrogen functional groups attached to an aromatic ring is 1.